The molecule has 0 radical (unpaired) electrons. The predicted octanol–water partition coefficient (Wildman–Crippen LogP) is 4.88. The van der Waals surface area contributed by atoms with Crippen LogP contribution in [0.3, 0.4) is 0 Å². The summed E-state index contributed by atoms with van der Waals surface area (Å²) < 4.78 is 0. The van der Waals surface area contributed by atoms with Crippen LogP contribution in [-0.4, -0.2) is 23.0 Å². The molecule has 3 nitrogen and oxygen atoms in total. The molecule has 128 valence electrons. The Morgan fingerprint density at radius 1 is 1.12 bits per heavy atom. The van der Waals surface area contributed by atoms with Gasteiger partial charge < -0.3 is 5.32 Å². The Bertz CT molecular complexity index is 624. The lowest BCUT2D eigenvalue weighted by Gasteiger charge is -2.36. The molecule has 0 bridgehead atoms. The highest BCUT2D eigenvalue weighted by atomic mass is 15.2. The number of piperidine rings is 1. The van der Waals surface area contributed by atoms with Crippen LogP contribution in [0.5, 0.6) is 0 Å². The quantitative estimate of drug-likeness (QED) is 0.821. The smallest absolute Gasteiger partial charge is 0.130 e. The summed E-state index contributed by atoms with van der Waals surface area (Å²) in [5.74, 6) is 1.68. The van der Waals surface area contributed by atoms with Gasteiger partial charge in [-0.15, -0.1) is 0 Å². The van der Waals surface area contributed by atoms with E-state index in [-0.39, 0.29) is 0 Å². The summed E-state index contributed by atoms with van der Waals surface area (Å²) in [6, 6.07) is 15.6. The molecule has 0 spiro atoms. The summed E-state index contributed by atoms with van der Waals surface area (Å²) in [6.45, 7) is 7.62. The van der Waals surface area contributed by atoms with Crippen LogP contribution in [0.25, 0.3) is 0 Å². The number of rotatable bonds is 6. The maximum Gasteiger partial charge on any atom is 0.130 e. The molecule has 3 rings (SSSR count). The molecule has 0 amide bonds. The lowest BCUT2D eigenvalue weighted by molar-refractivity contribution is 0.140. The van der Waals surface area contributed by atoms with Crippen LogP contribution < -0.4 is 5.32 Å². The van der Waals surface area contributed by atoms with Gasteiger partial charge in [0.05, 0.1) is 0 Å². The summed E-state index contributed by atoms with van der Waals surface area (Å²) in [4.78, 5) is 7.25. The van der Waals surface area contributed by atoms with E-state index in [4.69, 9.17) is 0 Å². The van der Waals surface area contributed by atoms with Crippen molar-refractivity contribution < 1.29 is 0 Å². The highest BCUT2D eigenvalue weighted by Crippen LogP contribution is 2.35. The fourth-order valence-corrected chi connectivity index (χ4v) is 3.49. The third kappa shape index (κ3) is 4.35. The van der Waals surface area contributed by atoms with E-state index in [1.807, 2.05) is 6.20 Å². The fourth-order valence-electron chi connectivity index (χ4n) is 3.49. The lowest BCUT2D eigenvalue weighted by Crippen LogP contribution is -2.33. The van der Waals surface area contributed by atoms with Gasteiger partial charge in [-0.05, 0) is 36.9 Å². The van der Waals surface area contributed by atoms with Crippen molar-refractivity contribution in [1.82, 2.24) is 9.88 Å². The number of anilines is 1. The van der Waals surface area contributed by atoms with Crippen LogP contribution in [0.4, 0.5) is 5.82 Å². The monoisotopic (exact) mass is 323 g/mol. The zero-order valence-electron chi connectivity index (χ0n) is 14.9. The Labute approximate surface area is 146 Å². The summed E-state index contributed by atoms with van der Waals surface area (Å²) in [7, 11) is 0. The van der Waals surface area contributed by atoms with Crippen molar-refractivity contribution in [3.05, 3.63) is 59.8 Å². The Morgan fingerprint density at radius 2 is 1.96 bits per heavy atom. The second-order valence-electron chi connectivity index (χ2n) is 7.18. The first-order valence-electron chi connectivity index (χ1n) is 9.21. The minimum atomic E-state index is 0.460. The van der Waals surface area contributed by atoms with Crippen molar-refractivity contribution in [2.24, 2.45) is 5.92 Å². The zero-order chi connectivity index (χ0) is 16.8. The third-order valence-electron chi connectivity index (χ3n) is 4.72. The van der Waals surface area contributed by atoms with Crippen LogP contribution in [0, 0.1) is 5.92 Å². The maximum atomic E-state index is 4.63. The van der Waals surface area contributed by atoms with Gasteiger partial charge in [-0.3, -0.25) is 4.90 Å². The largest absolute Gasteiger partial charge is 0.370 e. The Kier molecular flexibility index (Phi) is 5.86. The number of nitrogens with zero attached hydrogens (tertiary/aromatic N) is 2. The van der Waals surface area contributed by atoms with E-state index in [2.05, 4.69) is 71.5 Å². The SMILES string of the molecule is CC(C)CNc1ncccc1[C@@H]1CCCCN1Cc1ccccc1. The Hall–Kier alpha value is -1.87. The van der Waals surface area contributed by atoms with Crippen LogP contribution >= 0.6 is 0 Å². The molecule has 2 aromatic rings. The molecule has 1 saturated heterocycles. The molecule has 1 N–H and O–H groups in total. The Balaban J connectivity index is 1.80. The van der Waals surface area contributed by atoms with Gasteiger partial charge in [0, 0.05) is 30.9 Å². The van der Waals surface area contributed by atoms with E-state index in [9.17, 15) is 0 Å². The summed E-state index contributed by atoms with van der Waals surface area (Å²) in [5.41, 5.74) is 2.75. The van der Waals surface area contributed by atoms with Crippen LogP contribution in [0.15, 0.2) is 48.7 Å². The van der Waals surface area contributed by atoms with Gasteiger partial charge in [-0.1, -0.05) is 56.7 Å². The minimum absolute atomic E-state index is 0.460. The third-order valence-corrected chi connectivity index (χ3v) is 4.72. The number of likely N-dealkylation sites (tertiary alicyclic amines) is 1. The number of hydrogen-bond donors (Lipinski definition) is 1. The average Bonchev–Trinajstić information content (AvgIpc) is 2.62. The van der Waals surface area contributed by atoms with Crippen molar-refractivity contribution in [1.29, 1.82) is 0 Å². The molecule has 1 aliphatic heterocycles. The second kappa shape index (κ2) is 8.29. The van der Waals surface area contributed by atoms with E-state index in [0.29, 0.717) is 12.0 Å². The molecule has 1 atom stereocenters. The van der Waals surface area contributed by atoms with Crippen LogP contribution in [0.2, 0.25) is 0 Å². The van der Waals surface area contributed by atoms with Gasteiger partial charge in [0.15, 0.2) is 0 Å². The fraction of sp³-hybridized carbons (Fsp3) is 0.476. The van der Waals surface area contributed by atoms with Gasteiger partial charge in [-0.2, -0.15) is 0 Å². The minimum Gasteiger partial charge on any atom is -0.370 e. The van der Waals surface area contributed by atoms with Crippen molar-refractivity contribution in [3.8, 4) is 0 Å². The first kappa shape index (κ1) is 17.0. The van der Waals surface area contributed by atoms with E-state index >= 15 is 0 Å². The number of aromatic nitrogens is 1. The number of pyridine rings is 1. The number of benzene rings is 1. The van der Waals surface area contributed by atoms with Crippen molar-refractivity contribution >= 4 is 5.82 Å². The van der Waals surface area contributed by atoms with Crippen LogP contribution in [-0.2, 0) is 6.54 Å². The van der Waals surface area contributed by atoms with E-state index in [0.717, 1.165) is 25.5 Å². The predicted molar refractivity (Wildman–Crippen MR) is 101 cm³/mol. The highest BCUT2D eigenvalue weighted by Gasteiger charge is 2.26. The Morgan fingerprint density at radius 3 is 2.75 bits per heavy atom. The van der Waals surface area contributed by atoms with E-state index < -0.39 is 0 Å². The van der Waals surface area contributed by atoms with Crippen molar-refractivity contribution in [2.45, 2.75) is 45.7 Å². The molecular weight excluding hydrogens is 294 g/mol. The number of nitrogens with one attached hydrogen (secondary N) is 1. The van der Waals surface area contributed by atoms with Crippen molar-refractivity contribution in [3.63, 3.8) is 0 Å². The molecular formula is C21H29N3. The van der Waals surface area contributed by atoms with Gasteiger partial charge >= 0.3 is 0 Å². The zero-order valence-corrected chi connectivity index (χ0v) is 14.9. The molecule has 2 heterocycles. The molecule has 1 aromatic heterocycles. The van der Waals surface area contributed by atoms with Crippen LogP contribution in [0.1, 0.15) is 50.3 Å². The molecule has 24 heavy (non-hydrogen) atoms. The summed E-state index contributed by atoms with van der Waals surface area (Å²) >= 11 is 0. The maximum absolute atomic E-state index is 4.63. The lowest BCUT2D eigenvalue weighted by atomic mass is 9.94. The summed E-state index contributed by atoms with van der Waals surface area (Å²) in [5, 5.41) is 3.56. The van der Waals surface area contributed by atoms with E-state index in [1.165, 1.54) is 30.4 Å². The molecule has 0 unspecified atom stereocenters. The first-order valence-corrected chi connectivity index (χ1v) is 9.21. The second-order valence-corrected chi connectivity index (χ2v) is 7.18. The van der Waals surface area contributed by atoms with E-state index in [1.54, 1.807) is 0 Å². The summed E-state index contributed by atoms with van der Waals surface area (Å²) in [6.07, 6.45) is 5.71. The average molecular weight is 323 g/mol. The number of hydrogen-bond acceptors (Lipinski definition) is 3. The van der Waals surface area contributed by atoms with Gasteiger partial charge in [0.2, 0.25) is 0 Å². The molecule has 0 saturated carbocycles. The van der Waals surface area contributed by atoms with Gasteiger partial charge in [0.1, 0.15) is 5.82 Å². The standard InChI is InChI=1S/C21H29N3/c1-17(2)15-23-21-19(11-8-13-22-21)20-12-6-7-14-24(20)16-18-9-4-3-5-10-18/h3-5,8-11,13,17,20H,6-7,12,14-16H2,1-2H3,(H,22,23)/t20-/m0/s1. The van der Waals surface area contributed by atoms with Gasteiger partial charge in [-0.25, -0.2) is 4.98 Å². The molecule has 1 aliphatic rings. The highest BCUT2D eigenvalue weighted by molar-refractivity contribution is 5.46. The first-order chi connectivity index (χ1) is 11.7. The topological polar surface area (TPSA) is 28.2 Å². The molecule has 3 heteroatoms. The molecule has 1 aromatic carbocycles. The molecule has 0 aliphatic carbocycles. The molecule has 1 fully saturated rings. The van der Waals surface area contributed by atoms with Gasteiger partial charge in [0.25, 0.3) is 0 Å². The van der Waals surface area contributed by atoms with Crippen molar-refractivity contribution in [2.75, 3.05) is 18.4 Å². The normalized spacial score (nSPS) is 18.7.